The molecular formula is C28H30N4O11. The smallest absolute Gasteiger partial charge is 0.338 e. The van der Waals surface area contributed by atoms with Gasteiger partial charge in [-0.15, -0.1) is 0 Å². The minimum atomic E-state index is -1.05. The van der Waals surface area contributed by atoms with Gasteiger partial charge in [0.2, 0.25) is 31.0 Å². The van der Waals surface area contributed by atoms with Crippen LogP contribution in [-0.2, 0) is 32.1 Å². The molecule has 0 spiro atoms. The fraction of sp³-hybridized carbons (Fsp3) is 0.357. The number of nitrogens with one attached hydrogen (secondary N) is 2. The Morgan fingerprint density at radius 2 is 1.63 bits per heavy atom. The van der Waals surface area contributed by atoms with E-state index in [-0.39, 0.29) is 79.5 Å². The maximum atomic E-state index is 13.4. The molecule has 5 rings (SSSR count). The van der Waals surface area contributed by atoms with Crippen LogP contribution in [0.4, 0.5) is 0 Å². The molecule has 0 saturated heterocycles. The summed E-state index contributed by atoms with van der Waals surface area (Å²) in [5.41, 5.74) is 7.13. The predicted octanol–water partition coefficient (Wildman–Crippen LogP) is 1.46. The quantitative estimate of drug-likeness (QED) is 0.254. The first-order valence-corrected chi connectivity index (χ1v) is 13.1. The monoisotopic (exact) mass is 598 g/mol. The lowest BCUT2D eigenvalue weighted by molar-refractivity contribution is -0.149. The highest BCUT2D eigenvalue weighted by atomic mass is 16.7. The summed E-state index contributed by atoms with van der Waals surface area (Å²) in [6, 6.07) is 2.01. The Hall–Kier alpha value is -5.18. The van der Waals surface area contributed by atoms with Crippen molar-refractivity contribution in [3.63, 3.8) is 0 Å². The molecule has 228 valence electrons. The maximum Gasteiger partial charge on any atom is 0.338 e. The molecule has 0 fully saturated rings. The summed E-state index contributed by atoms with van der Waals surface area (Å²) in [6.45, 7) is -0.486. The Morgan fingerprint density at radius 1 is 0.977 bits per heavy atom. The van der Waals surface area contributed by atoms with Crippen molar-refractivity contribution in [3.8, 4) is 45.6 Å². The second kappa shape index (κ2) is 12.8. The van der Waals surface area contributed by atoms with Crippen LogP contribution in [-0.4, -0.2) is 75.3 Å². The molecule has 0 radical (unpaired) electrons. The molecule has 4 N–H and O–H groups in total. The number of hydrogen-bond donors (Lipinski definition) is 3. The van der Waals surface area contributed by atoms with Gasteiger partial charge >= 0.3 is 11.9 Å². The molecule has 2 aliphatic heterocycles. The minimum absolute atomic E-state index is 0.0250. The molecule has 1 atom stereocenters. The standard InChI is InChI=1S/C28H30N4O11/c1-36-18-6-14(10-39-28(35)17(32-20(33)4-5-29)7-15-9-30-11-31-15)21(25-23(18)40-12-42-25)22-16(27(34)38-3)8-19(37-2)24-26(22)43-13-41-24/h6,8-9,11,17H,4-5,7,10,12-13,29H2,1-3H3,(H,30,31)(H,32,33). The van der Waals surface area contributed by atoms with Crippen LogP contribution < -0.4 is 39.5 Å². The predicted molar refractivity (Wildman–Crippen MR) is 146 cm³/mol. The van der Waals surface area contributed by atoms with E-state index in [0.717, 1.165) is 0 Å². The van der Waals surface area contributed by atoms with Crippen molar-refractivity contribution in [1.82, 2.24) is 15.3 Å². The number of methoxy groups -OCH3 is 3. The van der Waals surface area contributed by atoms with Gasteiger partial charge in [0.25, 0.3) is 0 Å². The number of benzene rings is 2. The van der Waals surface area contributed by atoms with Gasteiger partial charge in [-0.3, -0.25) is 4.79 Å². The molecule has 1 aromatic heterocycles. The Balaban J connectivity index is 1.58. The second-order valence-corrected chi connectivity index (χ2v) is 9.28. The molecule has 1 amide bonds. The van der Waals surface area contributed by atoms with E-state index in [1.807, 2.05) is 0 Å². The maximum absolute atomic E-state index is 13.4. The van der Waals surface area contributed by atoms with Crippen molar-refractivity contribution in [2.24, 2.45) is 5.73 Å². The number of aromatic amines is 1. The zero-order valence-electron chi connectivity index (χ0n) is 23.6. The van der Waals surface area contributed by atoms with Gasteiger partial charge in [-0.1, -0.05) is 0 Å². The van der Waals surface area contributed by atoms with Crippen molar-refractivity contribution >= 4 is 17.8 Å². The Morgan fingerprint density at radius 3 is 2.23 bits per heavy atom. The molecule has 0 aliphatic carbocycles. The number of hydrogen-bond acceptors (Lipinski definition) is 13. The van der Waals surface area contributed by atoms with Gasteiger partial charge in [0, 0.05) is 48.0 Å². The molecule has 43 heavy (non-hydrogen) atoms. The van der Waals surface area contributed by atoms with Crippen LogP contribution in [0.15, 0.2) is 24.7 Å². The number of ether oxygens (including phenoxy) is 8. The van der Waals surface area contributed by atoms with E-state index in [9.17, 15) is 14.4 Å². The van der Waals surface area contributed by atoms with Crippen LogP contribution in [0.25, 0.3) is 11.1 Å². The summed E-state index contributed by atoms with van der Waals surface area (Å²) in [5.74, 6) is -0.322. The van der Waals surface area contributed by atoms with Gasteiger partial charge in [-0.25, -0.2) is 14.6 Å². The molecule has 3 heterocycles. The van der Waals surface area contributed by atoms with E-state index in [2.05, 4.69) is 15.3 Å². The van der Waals surface area contributed by atoms with Gasteiger partial charge in [-0.05, 0) is 12.1 Å². The van der Waals surface area contributed by atoms with Gasteiger partial charge in [0.05, 0.1) is 33.2 Å². The Kier molecular flexibility index (Phi) is 8.71. The number of fused-ring (bicyclic) bond motifs is 2. The first-order chi connectivity index (χ1) is 20.9. The van der Waals surface area contributed by atoms with Crippen LogP contribution in [0, 0.1) is 0 Å². The molecule has 0 bridgehead atoms. The van der Waals surface area contributed by atoms with Crippen LogP contribution in [0.5, 0.6) is 34.5 Å². The van der Waals surface area contributed by atoms with E-state index >= 15 is 0 Å². The summed E-state index contributed by atoms with van der Waals surface area (Å²) in [5, 5.41) is 2.66. The van der Waals surface area contributed by atoms with E-state index < -0.39 is 23.9 Å². The number of carbonyl (C=O) groups is 3. The summed E-state index contributed by atoms with van der Waals surface area (Å²) in [7, 11) is 4.11. The van der Waals surface area contributed by atoms with Crippen molar-refractivity contribution in [2.75, 3.05) is 41.5 Å². The highest BCUT2D eigenvalue weighted by molar-refractivity contribution is 6.03. The van der Waals surface area contributed by atoms with Crippen molar-refractivity contribution in [2.45, 2.75) is 25.5 Å². The summed E-state index contributed by atoms with van der Waals surface area (Å²) in [4.78, 5) is 45.7. The normalized spacial score (nSPS) is 13.3. The number of nitrogens with two attached hydrogens (primary N) is 1. The molecule has 15 heteroatoms. The fourth-order valence-corrected chi connectivity index (χ4v) is 4.79. The third kappa shape index (κ3) is 5.79. The first-order valence-electron chi connectivity index (χ1n) is 13.1. The number of H-pyrrole nitrogens is 1. The third-order valence-electron chi connectivity index (χ3n) is 6.73. The molecule has 1 unspecified atom stereocenters. The van der Waals surface area contributed by atoms with Gasteiger partial charge in [0.1, 0.15) is 12.6 Å². The molecule has 2 aromatic carbocycles. The van der Waals surface area contributed by atoms with Gasteiger partial charge < -0.3 is 53.9 Å². The molecular weight excluding hydrogens is 568 g/mol. The Labute approximate surface area is 245 Å². The summed E-state index contributed by atoms with van der Waals surface area (Å²) < 4.78 is 44.8. The highest BCUT2D eigenvalue weighted by Gasteiger charge is 2.36. The topological polar surface area (TPSA) is 192 Å². The molecule has 15 nitrogen and oxygen atoms in total. The third-order valence-corrected chi connectivity index (χ3v) is 6.73. The number of imidazole rings is 1. The lowest BCUT2D eigenvalue weighted by Crippen LogP contribution is -2.43. The lowest BCUT2D eigenvalue weighted by Gasteiger charge is -2.21. The summed E-state index contributed by atoms with van der Waals surface area (Å²) >= 11 is 0. The first kappa shape index (κ1) is 29.3. The van der Waals surface area contributed by atoms with Crippen LogP contribution in [0.1, 0.15) is 28.0 Å². The number of aromatic nitrogens is 2. The number of carbonyl (C=O) groups excluding carboxylic acids is 3. The highest BCUT2D eigenvalue weighted by Crippen LogP contribution is 2.56. The zero-order chi connectivity index (χ0) is 30.5. The summed E-state index contributed by atoms with van der Waals surface area (Å²) in [6.07, 6.45) is 3.12. The number of esters is 2. The average molecular weight is 599 g/mol. The van der Waals surface area contributed by atoms with Crippen molar-refractivity contribution in [1.29, 1.82) is 0 Å². The largest absolute Gasteiger partial charge is 0.493 e. The second-order valence-electron chi connectivity index (χ2n) is 9.28. The number of nitrogens with zero attached hydrogens (tertiary/aromatic N) is 1. The van der Waals surface area contributed by atoms with E-state index in [0.29, 0.717) is 22.6 Å². The van der Waals surface area contributed by atoms with Crippen LogP contribution >= 0.6 is 0 Å². The lowest BCUT2D eigenvalue weighted by atomic mass is 9.92. The molecule has 3 aromatic rings. The van der Waals surface area contributed by atoms with Gasteiger partial charge in [0.15, 0.2) is 23.0 Å². The fourth-order valence-electron chi connectivity index (χ4n) is 4.79. The molecule has 0 saturated carbocycles. The van der Waals surface area contributed by atoms with E-state index in [1.165, 1.54) is 39.9 Å². The van der Waals surface area contributed by atoms with E-state index in [4.69, 9.17) is 43.6 Å². The zero-order valence-corrected chi connectivity index (χ0v) is 23.6. The van der Waals surface area contributed by atoms with Crippen LogP contribution in [0.2, 0.25) is 0 Å². The average Bonchev–Trinajstić information content (AvgIpc) is 3.80. The van der Waals surface area contributed by atoms with Crippen molar-refractivity contribution in [3.05, 3.63) is 41.5 Å². The molecule has 2 aliphatic rings. The van der Waals surface area contributed by atoms with Crippen LogP contribution in [0.3, 0.4) is 0 Å². The van der Waals surface area contributed by atoms with Gasteiger partial charge in [-0.2, -0.15) is 0 Å². The SMILES string of the molecule is COC(=O)c1cc(OC)c2c(c1-c1c(COC(=O)C(Cc3cnc[nH]3)NC(=O)CCN)cc(OC)c3c1OCO3)OCO2. The van der Waals surface area contributed by atoms with Crippen molar-refractivity contribution < 1.29 is 52.3 Å². The Bertz CT molecular complexity index is 1520. The number of rotatable bonds is 12. The number of amides is 1. The minimum Gasteiger partial charge on any atom is -0.493 e. The van der Waals surface area contributed by atoms with E-state index in [1.54, 1.807) is 6.07 Å².